The average molecular weight is 221 g/mol. The van der Waals surface area contributed by atoms with Crippen molar-refractivity contribution in [2.75, 3.05) is 13.7 Å². The lowest BCUT2D eigenvalue weighted by Crippen LogP contribution is -2.17. The molecule has 0 aromatic heterocycles. The standard InChI is InChI=1S/C13H19NO2/c1-10(2)13(9-15)14-8-11-4-6-12(16-3)7-5-11/h4-8,10,13,15H,9H2,1-3H3. The van der Waals surface area contributed by atoms with Gasteiger partial charge in [0.05, 0.1) is 19.8 Å². The van der Waals surface area contributed by atoms with Gasteiger partial charge in [-0.05, 0) is 35.7 Å². The summed E-state index contributed by atoms with van der Waals surface area (Å²) in [6.07, 6.45) is 1.79. The van der Waals surface area contributed by atoms with Crippen molar-refractivity contribution >= 4 is 6.21 Å². The van der Waals surface area contributed by atoms with E-state index in [1.807, 2.05) is 38.1 Å². The molecular formula is C13H19NO2. The Labute approximate surface area is 96.8 Å². The number of hydrogen-bond acceptors (Lipinski definition) is 3. The highest BCUT2D eigenvalue weighted by molar-refractivity contribution is 5.79. The van der Waals surface area contributed by atoms with Gasteiger partial charge in [0, 0.05) is 6.21 Å². The van der Waals surface area contributed by atoms with E-state index >= 15 is 0 Å². The van der Waals surface area contributed by atoms with Gasteiger partial charge in [0.15, 0.2) is 0 Å². The van der Waals surface area contributed by atoms with Crippen LogP contribution in [0.15, 0.2) is 29.3 Å². The van der Waals surface area contributed by atoms with E-state index in [0.717, 1.165) is 11.3 Å². The van der Waals surface area contributed by atoms with E-state index in [4.69, 9.17) is 9.84 Å². The maximum Gasteiger partial charge on any atom is 0.118 e. The molecule has 1 aromatic rings. The van der Waals surface area contributed by atoms with E-state index in [1.165, 1.54) is 0 Å². The number of methoxy groups -OCH3 is 1. The highest BCUT2D eigenvalue weighted by Gasteiger charge is 2.08. The van der Waals surface area contributed by atoms with Crippen molar-refractivity contribution in [1.29, 1.82) is 0 Å². The highest BCUT2D eigenvalue weighted by atomic mass is 16.5. The van der Waals surface area contributed by atoms with Crippen molar-refractivity contribution in [2.45, 2.75) is 19.9 Å². The van der Waals surface area contributed by atoms with Crippen LogP contribution in [0.5, 0.6) is 5.75 Å². The van der Waals surface area contributed by atoms with Crippen molar-refractivity contribution < 1.29 is 9.84 Å². The second kappa shape index (κ2) is 6.28. The predicted octanol–water partition coefficient (Wildman–Crippen LogP) is 2.13. The minimum absolute atomic E-state index is 0.0258. The largest absolute Gasteiger partial charge is 0.497 e. The van der Waals surface area contributed by atoms with Crippen LogP contribution >= 0.6 is 0 Å². The molecule has 3 heteroatoms. The molecule has 1 N–H and O–H groups in total. The molecule has 0 saturated heterocycles. The van der Waals surface area contributed by atoms with Crippen LogP contribution in [0.2, 0.25) is 0 Å². The quantitative estimate of drug-likeness (QED) is 0.774. The van der Waals surface area contributed by atoms with Crippen molar-refractivity contribution in [3.05, 3.63) is 29.8 Å². The van der Waals surface area contributed by atoms with E-state index in [2.05, 4.69) is 4.99 Å². The zero-order chi connectivity index (χ0) is 12.0. The van der Waals surface area contributed by atoms with Gasteiger partial charge >= 0.3 is 0 Å². The first-order chi connectivity index (χ1) is 7.67. The number of aliphatic hydroxyl groups excluding tert-OH is 1. The van der Waals surface area contributed by atoms with Gasteiger partial charge in [-0.3, -0.25) is 4.99 Å². The fourth-order valence-corrected chi connectivity index (χ4v) is 1.30. The van der Waals surface area contributed by atoms with Crippen molar-refractivity contribution in [3.8, 4) is 5.75 Å². The second-order valence-electron chi connectivity index (χ2n) is 4.05. The van der Waals surface area contributed by atoms with Gasteiger partial charge in [-0.25, -0.2) is 0 Å². The third-order valence-electron chi connectivity index (χ3n) is 2.49. The molecule has 0 bridgehead atoms. The smallest absolute Gasteiger partial charge is 0.118 e. The highest BCUT2D eigenvalue weighted by Crippen LogP contribution is 2.11. The summed E-state index contributed by atoms with van der Waals surface area (Å²) in [5.41, 5.74) is 1.01. The van der Waals surface area contributed by atoms with Crippen LogP contribution in [0.25, 0.3) is 0 Å². The van der Waals surface area contributed by atoms with E-state index in [-0.39, 0.29) is 12.6 Å². The monoisotopic (exact) mass is 221 g/mol. The number of aliphatic imine (C=N–C) groups is 1. The molecule has 0 amide bonds. The van der Waals surface area contributed by atoms with Crippen molar-refractivity contribution in [3.63, 3.8) is 0 Å². The van der Waals surface area contributed by atoms with Crippen molar-refractivity contribution in [2.24, 2.45) is 10.9 Å². The third-order valence-corrected chi connectivity index (χ3v) is 2.49. The molecule has 0 heterocycles. The number of hydrogen-bond donors (Lipinski definition) is 1. The number of ether oxygens (including phenoxy) is 1. The molecule has 16 heavy (non-hydrogen) atoms. The Morgan fingerprint density at radius 3 is 2.38 bits per heavy atom. The maximum atomic E-state index is 9.12. The van der Waals surface area contributed by atoms with E-state index in [1.54, 1.807) is 13.3 Å². The van der Waals surface area contributed by atoms with E-state index in [9.17, 15) is 0 Å². The zero-order valence-electron chi connectivity index (χ0n) is 10.1. The normalized spacial score (nSPS) is 13.3. The summed E-state index contributed by atoms with van der Waals surface area (Å²) >= 11 is 0. The van der Waals surface area contributed by atoms with Crippen molar-refractivity contribution in [1.82, 2.24) is 0 Å². The third kappa shape index (κ3) is 3.66. The zero-order valence-corrected chi connectivity index (χ0v) is 10.1. The molecule has 88 valence electrons. The van der Waals surface area contributed by atoms with Crippen LogP contribution in [0.3, 0.4) is 0 Å². The summed E-state index contributed by atoms with van der Waals surface area (Å²) in [7, 11) is 1.64. The molecule has 0 saturated carbocycles. The van der Waals surface area contributed by atoms with Crippen LogP contribution in [-0.2, 0) is 0 Å². The molecule has 0 aliphatic rings. The lowest BCUT2D eigenvalue weighted by atomic mass is 10.1. The van der Waals surface area contributed by atoms with Gasteiger partial charge in [-0.15, -0.1) is 0 Å². The van der Waals surface area contributed by atoms with Crippen LogP contribution in [0.4, 0.5) is 0 Å². The minimum Gasteiger partial charge on any atom is -0.497 e. The molecule has 1 rings (SSSR count). The Bertz CT molecular complexity index is 330. The number of benzene rings is 1. The predicted molar refractivity (Wildman–Crippen MR) is 66.3 cm³/mol. The molecule has 0 fully saturated rings. The van der Waals surface area contributed by atoms with Gasteiger partial charge in [0.25, 0.3) is 0 Å². The lowest BCUT2D eigenvalue weighted by Gasteiger charge is -2.12. The van der Waals surface area contributed by atoms with Gasteiger partial charge < -0.3 is 9.84 Å². The van der Waals surface area contributed by atoms with Gasteiger partial charge in [0.2, 0.25) is 0 Å². The fourth-order valence-electron chi connectivity index (χ4n) is 1.30. The van der Waals surface area contributed by atoms with Gasteiger partial charge in [0.1, 0.15) is 5.75 Å². The molecule has 1 atom stereocenters. The number of rotatable bonds is 5. The molecule has 1 aromatic carbocycles. The van der Waals surface area contributed by atoms with Gasteiger partial charge in [-0.2, -0.15) is 0 Å². The molecule has 0 radical (unpaired) electrons. The van der Waals surface area contributed by atoms with Crippen LogP contribution < -0.4 is 4.74 Å². The average Bonchev–Trinajstić information content (AvgIpc) is 2.30. The maximum absolute atomic E-state index is 9.12. The second-order valence-corrected chi connectivity index (χ2v) is 4.05. The summed E-state index contributed by atoms with van der Waals surface area (Å²) in [6, 6.07) is 7.64. The van der Waals surface area contributed by atoms with Gasteiger partial charge in [-0.1, -0.05) is 13.8 Å². The Balaban J connectivity index is 2.67. The molecule has 0 spiro atoms. The summed E-state index contributed by atoms with van der Waals surface area (Å²) in [6.45, 7) is 4.18. The Kier molecular flexibility index (Phi) is 4.99. The van der Waals surface area contributed by atoms with E-state index < -0.39 is 0 Å². The summed E-state index contributed by atoms with van der Waals surface area (Å²) in [4.78, 5) is 4.35. The molecule has 0 aliphatic carbocycles. The first kappa shape index (κ1) is 12.7. The number of nitrogens with zero attached hydrogens (tertiary/aromatic N) is 1. The van der Waals surface area contributed by atoms with E-state index in [0.29, 0.717) is 5.92 Å². The van der Waals surface area contributed by atoms with Crippen LogP contribution in [0.1, 0.15) is 19.4 Å². The Morgan fingerprint density at radius 2 is 1.94 bits per heavy atom. The summed E-state index contributed by atoms with van der Waals surface area (Å²) in [5, 5.41) is 9.12. The van der Waals surface area contributed by atoms with Crippen LogP contribution in [0, 0.1) is 5.92 Å². The molecule has 0 aliphatic heterocycles. The Morgan fingerprint density at radius 1 is 1.31 bits per heavy atom. The first-order valence-corrected chi connectivity index (χ1v) is 5.45. The molecule has 1 unspecified atom stereocenters. The molecule has 3 nitrogen and oxygen atoms in total. The first-order valence-electron chi connectivity index (χ1n) is 5.45. The number of aliphatic hydroxyl groups is 1. The Hall–Kier alpha value is -1.35. The minimum atomic E-state index is -0.0258. The topological polar surface area (TPSA) is 41.8 Å². The lowest BCUT2D eigenvalue weighted by molar-refractivity contribution is 0.240. The fraction of sp³-hybridized carbons (Fsp3) is 0.462. The summed E-state index contributed by atoms with van der Waals surface area (Å²) in [5.74, 6) is 1.18. The van der Waals surface area contributed by atoms with Crippen LogP contribution in [-0.4, -0.2) is 31.1 Å². The SMILES string of the molecule is COc1ccc(C=NC(CO)C(C)C)cc1. The molecular weight excluding hydrogens is 202 g/mol. The summed E-state index contributed by atoms with van der Waals surface area (Å²) < 4.78 is 5.07.